The molecule has 10 heteroatoms. The van der Waals surface area contributed by atoms with Gasteiger partial charge in [0.1, 0.15) is 0 Å². The van der Waals surface area contributed by atoms with Gasteiger partial charge in [-0.3, -0.25) is 0 Å². The first-order valence-electron chi connectivity index (χ1n) is 8.04. The number of rotatable bonds is 3. The van der Waals surface area contributed by atoms with Crippen LogP contribution < -0.4 is 16.0 Å². The zero-order chi connectivity index (χ0) is 19.5. The van der Waals surface area contributed by atoms with Gasteiger partial charge in [0, 0.05) is 11.7 Å². The van der Waals surface area contributed by atoms with Crippen LogP contribution in [0.2, 0.25) is 0 Å². The van der Waals surface area contributed by atoms with Crippen molar-refractivity contribution in [3.8, 4) is 0 Å². The molecule has 3 nitrogen and oxygen atoms in total. The molecule has 0 bridgehead atoms. The Morgan fingerprint density at radius 1 is 1.04 bits per heavy atom. The summed E-state index contributed by atoms with van der Waals surface area (Å²) in [5.41, 5.74) is -3.13. The summed E-state index contributed by atoms with van der Waals surface area (Å²) in [6, 6.07) is 1.25. The largest absolute Gasteiger partial charge is 0.416 e. The summed E-state index contributed by atoms with van der Waals surface area (Å²) in [5.74, 6) is 0.322. The van der Waals surface area contributed by atoms with Gasteiger partial charge < -0.3 is 16.0 Å². The smallest absolute Gasteiger partial charge is 0.360 e. The van der Waals surface area contributed by atoms with E-state index in [0.29, 0.717) is 18.1 Å². The van der Waals surface area contributed by atoms with E-state index in [2.05, 4.69) is 16.0 Å². The molecule has 0 aromatic heterocycles. The fraction of sp³-hybridized carbons (Fsp3) is 0.562. The summed E-state index contributed by atoms with van der Waals surface area (Å²) in [7, 11) is 0. The Kier molecular flexibility index (Phi) is 6.38. The van der Waals surface area contributed by atoms with E-state index in [-0.39, 0.29) is 22.9 Å². The summed E-state index contributed by atoms with van der Waals surface area (Å²) in [4.78, 5) is 0. The van der Waals surface area contributed by atoms with E-state index in [1.807, 2.05) is 6.92 Å². The van der Waals surface area contributed by atoms with Crippen LogP contribution >= 0.6 is 12.2 Å². The maximum Gasteiger partial charge on any atom is 0.416 e. The second-order valence-electron chi connectivity index (χ2n) is 6.27. The Labute approximate surface area is 152 Å². The highest BCUT2D eigenvalue weighted by atomic mass is 32.1. The van der Waals surface area contributed by atoms with Crippen LogP contribution in [-0.4, -0.2) is 24.2 Å². The average molecular weight is 399 g/mol. The molecule has 1 aromatic rings. The number of thiocarbonyl (C=S) groups is 1. The number of alkyl halides is 6. The number of anilines is 1. The Morgan fingerprint density at radius 2 is 1.54 bits per heavy atom. The lowest BCUT2D eigenvalue weighted by molar-refractivity contribution is -0.143. The Bertz CT molecular complexity index is 606. The van der Waals surface area contributed by atoms with Crippen LogP contribution in [0, 0.1) is 5.92 Å². The fourth-order valence-corrected chi connectivity index (χ4v) is 3.17. The van der Waals surface area contributed by atoms with E-state index in [1.54, 1.807) is 0 Å². The van der Waals surface area contributed by atoms with E-state index in [9.17, 15) is 26.3 Å². The Hall–Kier alpha value is -1.55. The molecule has 0 saturated carbocycles. The molecule has 0 amide bonds. The first-order valence-corrected chi connectivity index (χ1v) is 8.45. The van der Waals surface area contributed by atoms with Crippen molar-refractivity contribution in [3.63, 3.8) is 0 Å². The van der Waals surface area contributed by atoms with E-state index in [1.165, 1.54) is 0 Å². The maximum absolute atomic E-state index is 12.9. The summed E-state index contributed by atoms with van der Waals surface area (Å²) >= 11 is 5.05. The minimum absolute atomic E-state index is 0.0107. The van der Waals surface area contributed by atoms with Gasteiger partial charge in [0.15, 0.2) is 5.11 Å². The highest BCUT2D eigenvalue weighted by Gasteiger charge is 2.37. The highest BCUT2D eigenvalue weighted by Crippen LogP contribution is 2.37. The molecule has 146 valence electrons. The van der Waals surface area contributed by atoms with Crippen LogP contribution in [0.15, 0.2) is 18.2 Å². The second-order valence-corrected chi connectivity index (χ2v) is 6.68. The van der Waals surface area contributed by atoms with Crippen molar-refractivity contribution < 1.29 is 26.3 Å². The van der Waals surface area contributed by atoms with Crippen LogP contribution in [-0.2, 0) is 12.4 Å². The van der Waals surface area contributed by atoms with Gasteiger partial charge in [-0.05, 0) is 69.2 Å². The van der Waals surface area contributed by atoms with Gasteiger partial charge in [0.2, 0.25) is 0 Å². The number of benzene rings is 1. The molecule has 1 fully saturated rings. The molecule has 1 saturated heterocycles. The summed E-state index contributed by atoms with van der Waals surface area (Å²) in [5, 5.41) is 8.59. The molecule has 1 unspecified atom stereocenters. The highest BCUT2D eigenvalue weighted by molar-refractivity contribution is 7.80. The quantitative estimate of drug-likeness (QED) is 0.520. The van der Waals surface area contributed by atoms with Crippen LogP contribution in [0.25, 0.3) is 0 Å². The van der Waals surface area contributed by atoms with Crippen molar-refractivity contribution in [2.45, 2.75) is 38.2 Å². The fourth-order valence-electron chi connectivity index (χ4n) is 2.86. The monoisotopic (exact) mass is 399 g/mol. The molecular weight excluding hydrogens is 380 g/mol. The number of nitrogens with one attached hydrogen (secondary N) is 3. The Balaban J connectivity index is 2.13. The van der Waals surface area contributed by atoms with Crippen molar-refractivity contribution in [1.29, 1.82) is 0 Å². The van der Waals surface area contributed by atoms with Gasteiger partial charge in [-0.1, -0.05) is 0 Å². The van der Waals surface area contributed by atoms with Crippen LogP contribution in [0.1, 0.15) is 30.9 Å². The topological polar surface area (TPSA) is 36.1 Å². The van der Waals surface area contributed by atoms with Gasteiger partial charge >= 0.3 is 12.4 Å². The van der Waals surface area contributed by atoms with Gasteiger partial charge in [-0.15, -0.1) is 0 Å². The lowest BCUT2D eigenvalue weighted by Crippen LogP contribution is -2.44. The molecule has 1 aliphatic heterocycles. The van der Waals surface area contributed by atoms with E-state index < -0.39 is 23.5 Å². The van der Waals surface area contributed by atoms with Crippen molar-refractivity contribution in [2.24, 2.45) is 5.92 Å². The molecule has 1 aromatic carbocycles. The number of halogens is 6. The SMILES string of the molecule is CC(NC(=S)Nc1cc(C(F)(F)F)cc(C(F)(F)F)c1)C1CCNCC1. The molecule has 1 heterocycles. The van der Waals surface area contributed by atoms with Crippen molar-refractivity contribution in [3.05, 3.63) is 29.3 Å². The third kappa shape index (κ3) is 5.73. The van der Waals surface area contributed by atoms with E-state index >= 15 is 0 Å². The Morgan fingerprint density at radius 3 is 2.00 bits per heavy atom. The first-order chi connectivity index (χ1) is 12.0. The molecular formula is C16H19F6N3S. The second kappa shape index (κ2) is 7.99. The predicted molar refractivity (Wildman–Crippen MR) is 90.9 cm³/mol. The number of piperidine rings is 1. The third-order valence-electron chi connectivity index (χ3n) is 4.30. The van der Waals surface area contributed by atoms with E-state index in [4.69, 9.17) is 12.2 Å². The minimum Gasteiger partial charge on any atom is -0.360 e. The lowest BCUT2D eigenvalue weighted by Gasteiger charge is -2.29. The van der Waals surface area contributed by atoms with Crippen molar-refractivity contribution in [2.75, 3.05) is 18.4 Å². The average Bonchev–Trinajstić information content (AvgIpc) is 2.53. The van der Waals surface area contributed by atoms with Crippen LogP contribution in [0.4, 0.5) is 32.0 Å². The molecule has 26 heavy (non-hydrogen) atoms. The first kappa shape index (κ1) is 20.8. The molecule has 1 atom stereocenters. The summed E-state index contributed by atoms with van der Waals surface area (Å²) in [6.45, 7) is 3.61. The number of hydrogen-bond donors (Lipinski definition) is 3. The van der Waals surface area contributed by atoms with Gasteiger partial charge in [0.25, 0.3) is 0 Å². The molecule has 2 rings (SSSR count). The summed E-state index contributed by atoms with van der Waals surface area (Å²) in [6.07, 6.45) is -7.96. The zero-order valence-corrected chi connectivity index (χ0v) is 14.7. The minimum atomic E-state index is -4.89. The molecule has 0 radical (unpaired) electrons. The van der Waals surface area contributed by atoms with Gasteiger partial charge in [-0.2, -0.15) is 26.3 Å². The van der Waals surface area contributed by atoms with Gasteiger partial charge in [-0.25, -0.2) is 0 Å². The molecule has 3 N–H and O–H groups in total. The van der Waals surface area contributed by atoms with Crippen molar-refractivity contribution in [1.82, 2.24) is 10.6 Å². The molecule has 0 spiro atoms. The number of hydrogen-bond acceptors (Lipinski definition) is 2. The van der Waals surface area contributed by atoms with E-state index in [0.717, 1.165) is 25.9 Å². The summed E-state index contributed by atoms with van der Waals surface area (Å²) < 4.78 is 77.3. The lowest BCUT2D eigenvalue weighted by atomic mass is 9.91. The molecule has 0 aliphatic carbocycles. The van der Waals surface area contributed by atoms with Crippen molar-refractivity contribution >= 4 is 23.0 Å². The predicted octanol–water partition coefficient (Wildman–Crippen LogP) is 4.40. The third-order valence-corrected chi connectivity index (χ3v) is 4.52. The molecule has 1 aliphatic rings. The van der Waals surface area contributed by atoms with Crippen LogP contribution in [0.3, 0.4) is 0 Å². The van der Waals surface area contributed by atoms with Gasteiger partial charge in [0.05, 0.1) is 11.1 Å². The standard InChI is InChI=1S/C16H19F6N3S/c1-9(10-2-4-23-5-3-10)24-14(26)25-13-7-11(15(17,18)19)6-12(8-13)16(20,21)22/h6-10,23H,2-5H2,1H3,(H2,24,25,26). The maximum atomic E-state index is 12.9. The zero-order valence-electron chi connectivity index (χ0n) is 13.9. The van der Waals surface area contributed by atoms with Crippen LogP contribution in [0.5, 0.6) is 0 Å². The normalized spacial score (nSPS) is 17.7.